The van der Waals surface area contributed by atoms with Crippen LogP contribution >= 0.6 is 11.8 Å². The Hall–Kier alpha value is -13.8. The number of phenols is 1. The molecule has 7 aromatic rings. The number of aromatic hydroxyl groups is 1. The maximum Gasteiger partial charge on any atom is 0.246 e. The van der Waals surface area contributed by atoms with Crippen LogP contribution in [0.4, 0.5) is 0 Å². The van der Waals surface area contributed by atoms with Crippen LogP contribution in [0.1, 0.15) is 140 Å². The van der Waals surface area contributed by atoms with E-state index in [1.165, 1.54) is 91.9 Å². The number of para-hydroxylation sites is 2. The molecule has 0 spiro atoms. The number of imidazole rings is 1. The highest BCUT2D eigenvalue weighted by Crippen LogP contribution is 2.28. The van der Waals surface area contributed by atoms with Gasteiger partial charge in [-0.25, -0.2) is 4.98 Å². The van der Waals surface area contributed by atoms with E-state index < -0.39 is 216 Å². The van der Waals surface area contributed by atoms with E-state index in [1.54, 1.807) is 86.9 Å². The summed E-state index contributed by atoms with van der Waals surface area (Å²) in [5.41, 5.74) is 14.8. The average molecular weight is 1890 g/mol. The molecule has 19 N–H and O–H groups in total. The lowest BCUT2D eigenvalue weighted by molar-refractivity contribution is -0.149. The van der Waals surface area contributed by atoms with E-state index in [4.69, 9.17) is 11.5 Å². The van der Waals surface area contributed by atoms with Crippen LogP contribution in [0.25, 0.3) is 21.8 Å². The van der Waals surface area contributed by atoms with Gasteiger partial charge in [0.25, 0.3) is 0 Å². The number of H-pyrrole nitrogens is 3. The topological polar surface area (TPSA) is 592 Å². The average Bonchev–Trinajstić information content (AvgIpc) is 1.72. The van der Waals surface area contributed by atoms with E-state index in [0.717, 1.165) is 21.6 Å². The number of nitrogens with two attached hydrogens (primary N) is 2. The molecular formula is C93H124N22O19S. The number of nitrogens with zero attached hydrogens (tertiary/aromatic N) is 7. The standard InChI is InChI=1S/C93H124N22O19S/c1-9-11-25-73-86(127)103-64(38-55-20-17-33-96-43-55)82(123)110-72(81(122)100-47-78(95)119)49-135-50-79(120)102-68(37-54-29-31-59(117)32-30-54)89(130)111(6)53(5)80(121)106-70(42-77(94)118)92(133)115-35-19-28-75(115)88(129)105-66(41-58-46-97-51-101-58)84(125)107-67(36-52(3)4)91(132)114-34-18-27-74(114)87(128)104-65(39-56-44-98-62-23-15-13-21-60(56)62)83(124)109-71(48-116)85(126)108-69(40-57-45-99-63-24-16-14-22-61(57)63)90(131)113(8)76(26-12-10-2)93(134)112(73)7/h13-17,20-24,29-33,43-46,51-53,64-76,98-99,116-117H,9-12,18-19,25-28,34-42,47-50H2,1-8H3,(H2,94,118)(H2,95,119)(H,97,101)(H,100,122)(H,102,120)(H,103,127)(H,104,128)(H,105,129)(H,106,121)(H,107,125)(H,108,126)(H,109,124)(H,110,123)/t53-,64-,65-,66-,67-,68-,69-,70?,71-,72-,73-,74?,75?,76-/m0/s1. The summed E-state index contributed by atoms with van der Waals surface area (Å²) in [7, 11) is 3.97. The van der Waals surface area contributed by atoms with Crippen molar-refractivity contribution in [1.29, 1.82) is 0 Å². The van der Waals surface area contributed by atoms with Crippen LogP contribution in [-0.4, -0.2) is 304 Å². The minimum Gasteiger partial charge on any atom is -0.508 e. The van der Waals surface area contributed by atoms with Crippen molar-refractivity contribution >= 4 is 134 Å². The van der Waals surface area contributed by atoms with E-state index in [9.17, 15) is 48.6 Å². The number of rotatable bonds is 24. The Morgan fingerprint density at radius 1 is 0.504 bits per heavy atom. The maximum atomic E-state index is 15.8. The van der Waals surface area contributed by atoms with Crippen LogP contribution < -0.4 is 64.6 Å². The first-order chi connectivity index (χ1) is 64.6. The van der Waals surface area contributed by atoms with Gasteiger partial charge in [-0.1, -0.05) is 108 Å². The van der Waals surface area contributed by atoms with E-state index in [2.05, 4.69) is 78.1 Å². The minimum atomic E-state index is -1.84. The molecule has 3 unspecified atom stereocenters. The highest BCUT2D eigenvalue weighted by Gasteiger charge is 2.46. The zero-order valence-electron chi connectivity index (χ0n) is 77.0. The van der Waals surface area contributed by atoms with Gasteiger partial charge in [0.2, 0.25) is 100 Å². The number of amides is 17. The summed E-state index contributed by atoms with van der Waals surface area (Å²) in [5.74, 6) is -16.7. The number of aromatic amines is 3. The first-order valence-corrected chi connectivity index (χ1v) is 46.6. The van der Waals surface area contributed by atoms with Gasteiger partial charge in [-0.15, -0.1) is 11.8 Å². The van der Waals surface area contributed by atoms with Gasteiger partial charge in [0, 0.05) is 131 Å². The molecule has 3 fully saturated rings. The number of thioether (sulfide) groups is 1. The van der Waals surface area contributed by atoms with Crippen molar-refractivity contribution in [3.63, 3.8) is 0 Å². The van der Waals surface area contributed by atoms with Gasteiger partial charge in [-0.05, 0) is 110 Å². The number of benzene rings is 3. The lowest BCUT2D eigenvalue weighted by atomic mass is 10.00. The van der Waals surface area contributed by atoms with E-state index in [0.29, 0.717) is 75.4 Å². The van der Waals surface area contributed by atoms with Gasteiger partial charge in [-0.2, -0.15) is 0 Å². The Balaban J connectivity index is 1.02. The number of nitrogens with one attached hydrogen (secondary N) is 13. The third-order valence-electron chi connectivity index (χ3n) is 24.5. The summed E-state index contributed by atoms with van der Waals surface area (Å²) in [6.07, 6.45) is 9.15. The summed E-state index contributed by atoms with van der Waals surface area (Å²) in [5, 5.41) is 49.7. The molecule has 17 amide bonds. The molecule has 7 heterocycles. The Kier molecular flexibility index (Phi) is 37.7. The molecule has 42 heteroatoms. The fraction of sp³-hybridized carbons (Fsp3) is 0.495. The lowest BCUT2D eigenvalue weighted by Crippen LogP contribution is -2.62. The molecule has 3 aliphatic heterocycles. The highest BCUT2D eigenvalue weighted by atomic mass is 32.2. The minimum absolute atomic E-state index is 0.00158. The van der Waals surface area contributed by atoms with Crippen LogP contribution in [0, 0.1) is 5.92 Å². The van der Waals surface area contributed by atoms with Crippen molar-refractivity contribution in [2.75, 3.05) is 58.9 Å². The molecular weight excluding hydrogens is 1760 g/mol. The number of hydrogen-bond acceptors (Lipinski definition) is 22. The summed E-state index contributed by atoms with van der Waals surface area (Å²) >= 11 is 0.783. The summed E-state index contributed by atoms with van der Waals surface area (Å²) < 4.78 is 0. The van der Waals surface area contributed by atoms with Crippen LogP contribution in [0.2, 0.25) is 0 Å². The molecule has 41 nitrogen and oxygen atoms in total. The third kappa shape index (κ3) is 28.2. The van der Waals surface area contributed by atoms with Crippen molar-refractivity contribution in [2.24, 2.45) is 17.4 Å². The fourth-order valence-corrected chi connectivity index (χ4v) is 17.8. The van der Waals surface area contributed by atoms with Gasteiger partial charge >= 0.3 is 0 Å². The molecule has 0 bridgehead atoms. The molecule has 0 radical (unpaired) electrons. The van der Waals surface area contributed by atoms with Gasteiger partial charge in [0.05, 0.1) is 31.7 Å². The number of aliphatic hydroxyl groups is 1. The van der Waals surface area contributed by atoms with Crippen molar-refractivity contribution in [1.82, 2.24) is 103 Å². The summed E-state index contributed by atoms with van der Waals surface area (Å²) in [4.78, 5) is 274. The smallest absolute Gasteiger partial charge is 0.246 e. The predicted octanol–water partition coefficient (Wildman–Crippen LogP) is -0.525. The molecule has 3 aliphatic rings. The summed E-state index contributed by atoms with van der Waals surface area (Å²) in [6, 6.07) is 1.99. The first-order valence-electron chi connectivity index (χ1n) is 45.5. The Bertz CT molecular complexity index is 5370. The number of hydrogen-bond donors (Lipinski definition) is 17. The van der Waals surface area contributed by atoms with Crippen LogP contribution in [-0.2, 0) is 114 Å². The number of phenolic OH excluding ortho intramolecular Hbond substituents is 1. The van der Waals surface area contributed by atoms with E-state index in [1.807, 2.05) is 13.8 Å². The van der Waals surface area contributed by atoms with Crippen molar-refractivity contribution in [2.45, 2.75) is 228 Å². The number of carbonyl (C=O) groups excluding carboxylic acids is 17. The maximum absolute atomic E-state index is 15.8. The predicted molar refractivity (Wildman–Crippen MR) is 497 cm³/mol. The number of likely N-dealkylation sites (N-methyl/N-ethyl adjacent to an activating group) is 3. The normalized spacial score (nSPS) is 24.2. The Morgan fingerprint density at radius 2 is 1.01 bits per heavy atom. The van der Waals surface area contributed by atoms with Gasteiger partial charge in [0.1, 0.15) is 90.3 Å². The van der Waals surface area contributed by atoms with E-state index in [-0.39, 0.29) is 102 Å². The van der Waals surface area contributed by atoms with Crippen LogP contribution in [0.15, 0.2) is 122 Å². The number of carbonyl (C=O) groups is 17. The van der Waals surface area contributed by atoms with Crippen molar-refractivity contribution in [3.8, 4) is 5.75 Å². The molecule has 10 rings (SSSR count). The zero-order chi connectivity index (χ0) is 97.9. The third-order valence-corrected chi connectivity index (χ3v) is 25.5. The molecule has 4 aromatic heterocycles. The lowest BCUT2D eigenvalue weighted by Gasteiger charge is -2.36. The SMILES string of the molecule is CCCC[C@H]1C(=O)N(C)[C@@H](CCCC)C(=O)N[C@@H](Cc2cccnc2)C(=O)N[C@H](C(=O)NCC(N)=O)CSCC(=O)N[C@@H](Cc2ccc(O)cc2)C(=O)N(C)[C@@H](C)C(=O)NC(CC(N)=O)C(=O)N2CCCC2C(=O)N[C@@H](Cc2cnc[nH]2)C(=O)N[C@@H](CC(C)C)C(=O)N2CCCC2C(=O)N[C@@H](Cc2c[nH]c3ccccc23)C(=O)N[C@@H](CO)C(=O)N[C@@H](Cc2c[nH]c3ccccc23)C(=O)N1C. The van der Waals surface area contributed by atoms with Gasteiger partial charge in [0.15, 0.2) is 0 Å². The number of fused-ring (bicyclic) bond motifs is 4. The Morgan fingerprint density at radius 3 is 1.57 bits per heavy atom. The first kappa shape index (κ1) is 103. The monoisotopic (exact) mass is 1880 g/mol. The second kappa shape index (κ2) is 49.3. The quantitative estimate of drug-likeness (QED) is 0.0362. The number of aromatic nitrogens is 5. The summed E-state index contributed by atoms with van der Waals surface area (Å²) in [6.45, 7) is 6.73. The molecule has 3 aromatic carbocycles. The number of unbranched alkanes of at least 4 members (excludes halogenated alkanes) is 2. The molecule has 0 saturated carbocycles. The Labute approximate surface area is 784 Å². The second-order valence-electron chi connectivity index (χ2n) is 34.9. The second-order valence-corrected chi connectivity index (χ2v) is 35.9. The molecule has 135 heavy (non-hydrogen) atoms. The number of aliphatic hydroxyl groups excluding tert-OH is 1. The molecule has 726 valence electrons. The van der Waals surface area contributed by atoms with Crippen molar-refractivity contribution < 1.29 is 91.7 Å². The van der Waals surface area contributed by atoms with Crippen LogP contribution in [0.5, 0.6) is 5.75 Å². The number of pyridine rings is 1. The molecule has 14 atom stereocenters. The largest absolute Gasteiger partial charge is 0.508 e. The zero-order valence-corrected chi connectivity index (χ0v) is 77.8. The van der Waals surface area contributed by atoms with Gasteiger partial charge in [-0.3, -0.25) is 86.5 Å². The molecule has 3 saturated heterocycles. The van der Waals surface area contributed by atoms with Crippen molar-refractivity contribution in [3.05, 3.63) is 150 Å². The van der Waals surface area contributed by atoms with E-state index >= 15 is 43.2 Å². The fourth-order valence-electron chi connectivity index (χ4n) is 17.0. The highest BCUT2D eigenvalue weighted by molar-refractivity contribution is 8.00. The van der Waals surface area contributed by atoms with Crippen LogP contribution in [0.3, 0.4) is 0 Å². The molecule has 0 aliphatic carbocycles. The van der Waals surface area contributed by atoms with Gasteiger partial charge < -0.3 is 114 Å². The number of primary amides is 2.